The lowest BCUT2D eigenvalue weighted by Crippen LogP contribution is -2.11. The lowest BCUT2D eigenvalue weighted by molar-refractivity contribution is 0.669. The highest BCUT2D eigenvalue weighted by atomic mass is 16.3. The molecule has 0 bridgehead atoms. The van der Waals surface area contributed by atoms with Crippen LogP contribution in [0.2, 0.25) is 0 Å². The molecule has 0 saturated heterocycles. The van der Waals surface area contributed by atoms with Crippen LogP contribution in [0.1, 0.15) is 0 Å². The number of fused-ring (bicyclic) bond motifs is 8. The summed E-state index contributed by atoms with van der Waals surface area (Å²) in [5, 5.41) is 12.0. The van der Waals surface area contributed by atoms with Crippen LogP contribution in [-0.4, -0.2) is 0 Å². The van der Waals surface area contributed by atoms with E-state index in [1.54, 1.807) is 0 Å². The van der Waals surface area contributed by atoms with Crippen LogP contribution < -0.4 is 4.90 Å². The first kappa shape index (κ1) is 30.5. The van der Waals surface area contributed by atoms with Gasteiger partial charge in [-0.15, -0.1) is 0 Å². The normalized spacial score (nSPS) is 11.7. The van der Waals surface area contributed by atoms with E-state index in [1.165, 1.54) is 60.0 Å². The number of para-hydroxylation sites is 1. The number of anilines is 3. The molecule has 0 aliphatic rings. The molecule has 0 amide bonds. The maximum Gasteiger partial charge on any atom is 0.160 e. The van der Waals surface area contributed by atoms with Crippen molar-refractivity contribution in [2.45, 2.75) is 0 Å². The predicted octanol–water partition coefficient (Wildman–Crippen LogP) is 15.0. The topological polar surface area (TPSA) is 16.4 Å². The molecule has 0 radical (unpaired) electrons. The van der Waals surface area contributed by atoms with Gasteiger partial charge in [0.25, 0.3) is 0 Å². The van der Waals surface area contributed by atoms with Gasteiger partial charge in [0, 0.05) is 27.5 Å². The third-order valence-electron chi connectivity index (χ3n) is 11.0. The Morgan fingerprint density at radius 1 is 0.315 bits per heavy atom. The molecule has 54 heavy (non-hydrogen) atoms. The molecule has 0 aliphatic heterocycles. The Kier molecular flexibility index (Phi) is 6.90. The summed E-state index contributed by atoms with van der Waals surface area (Å²) in [6, 6.07) is 72.3. The van der Waals surface area contributed by atoms with Gasteiger partial charge in [0.05, 0.1) is 5.69 Å². The number of hydrogen-bond donors (Lipinski definition) is 0. The second-order valence-corrected chi connectivity index (χ2v) is 14.1. The molecule has 0 spiro atoms. The Morgan fingerprint density at radius 3 is 1.70 bits per heavy atom. The zero-order chi connectivity index (χ0) is 35.6. The van der Waals surface area contributed by atoms with Gasteiger partial charge < -0.3 is 9.32 Å². The van der Waals surface area contributed by atoms with Gasteiger partial charge in [0.1, 0.15) is 5.58 Å². The van der Waals surface area contributed by atoms with Crippen molar-refractivity contribution in [3.05, 3.63) is 200 Å². The molecular weight excluding hydrogens is 655 g/mol. The van der Waals surface area contributed by atoms with E-state index in [9.17, 15) is 0 Å². The van der Waals surface area contributed by atoms with Crippen molar-refractivity contribution in [1.82, 2.24) is 0 Å². The third-order valence-corrected chi connectivity index (χ3v) is 11.0. The molecule has 11 aromatic rings. The zero-order valence-electron chi connectivity index (χ0n) is 29.4. The summed E-state index contributed by atoms with van der Waals surface area (Å²) in [5.74, 6) is 0. The first-order valence-corrected chi connectivity index (χ1v) is 18.5. The van der Waals surface area contributed by atoms with Gasteiger partial charge in [-0.25, -0.2) is 0 Å². The highest BCUT2D eigenvalue weighted by Gasteiger charge is 2.23. The summed E-state index contributed by atoms with van der Waals surface area (Å²) < 4.78 is 6.78. The molecule has 2 nitrogen and oxygen atoms in total. The van der Waals surface area contributed by atoms with Crippen LogP contribution in [0, 0.1) is 0 Å². The summed E-state index contributed by atoms with van der Waals surface area (Å²) in [6.45, 7) is 0. The van der Waals surface area contributed by atoms with E-state index in [4.69, 9.17) is 4.42 Å². The van der Waals surface area contributed by atoms with Gasteiger partial charge >= 0.3 is 0 Å². The SMILES string of the molecule is c1ccc(-c2ccc(N(c3ccc4cc(-c5cc6ccccc6c6ccccc56)ccc4c3)c3c4ccccc4cc4c3oc3ccccc34)cc2)cc1. The van der Waals surface area contributed by atoms with Crippen molar-refractivity contribution in [2.75, 3.05) is 4.90 Å². The number of nitrogens with zero attached hydrogens (tertiary/aromatic N) is 1. The average Bonchev–Trinajstić information content (AvgIpc) is 3.62. The molecule has 0 unspecified atom stereocenters. The quantitative estimate of drug-likeness (QED) is 0.168. The summed E-state index contributed by atoms with van der Waals surface area (Å²) >= 11 is 0. The fourth-order valence-corrected chi connectivity index (χ4v) is 8.40. The minimum absolute atomic E-state index is 0.876. The molecule has 0 saturated carbocycles. The Hall–Kier alpha value is -7.16. The molecule has 1 aromatic heterocycles. The van der Waals surface area contributed by atoms with Crippen LogP contribution >= 0.6 is 0 Å². The lowest BCUT2D eigenvalue weighted by atomic mass is 9.92. The second kappa shape index (κ2) is 12.2. The standard InChI is InChI=1S/C52H33NO/c1-2-12-34(13-3-1)35-24-27-41(28-25-35)53(51-44-17-7-5-15-39(44)33-49-47-20-10-11-21-50(47)54-52(49)51)42-29-26-36-30-40(23-22-37(36)31-42)48-32-38-14-4-6-16-43(38)45-18-8-9-19-46(45)48/h1-33H. The van der Waals surface area contributed by atoms with E-state index in [0.717, 1.165) is 44.4 Å². The first-order chi connectivity index (χ1) is 26.8. The summed E-state index contributed by atoms with van der Waals surface area (Å²) in [5.41, 5.74) is 9.76. The fourth-order valence-electron chi connectivity index (χ4n) is 8.40. The third kappa shape index (κ3) is 4.88. The Morgan fingerprint density at radius 2 is 0.889 bits per heavy atom. The number of furan rings is 1. The largest absolute Gasteiger partial charge is 0.454 e. The van der Waals surface area contributed by atoms with Gasteiger partial charge in [-0.1, -0.05) is 152 Å². The van der Waals surface area contributed by atoms with Crippen LogP contribution in [0.5, 0.6) is 0 Å². The molecular formula is C52H33NO. The molecule has 0 aliphatic carbocycles. The van der Waals surface area contributed by atoms with Crippen molar-refractivity contribution in [3.8, 4) is 22.3 Å². The van der Waals surface area contributed by atoms with E-state index < -0.39 is 0 Å². The predicted molar refractivity (Wildman–Crippen MR) is 229 cm³/mol. The van der Waals surface area contributed by atoms with Crippen LogP contribution in [-0.2, 0) is 0 Å². The fraction of sp³-hybridized carbons (Fsp3) is 0. The summed E-state index contributed by atoms with van der Waals surface area (Å²) in [7, 11) is 0. The molecule has 1 heterocycles. The molecule has 252 valence electrons. The van der Waals surface area contributed by atoms with Crippen molar-refractivity contribution in [3.63, 3.8) is 0 Å². The highest BCUT2D eigenvalue weighted by molar-refractivity contribution is 6.19. The van der Waals surface area contributed by atoms with Crippen LogP contribution in [0.15, 0.2) is 205 Å². The van der Waals surface area contributed by atoms with E-state index >= 15 is 0 Å². The molecule has 11 rings (SSSR count). The van der Waals surface area contributed by atoms with Gasteiger partial charge in [-0.3, -0.25) is 0 Å². The van der Waals surface area contributed by atoms with Crippen LogP contribution in [0.3, 0.4) is 0 Å². The first-order valence-electron chi connectivity index (χ1n) is 18.5. The second-order valence-electron chi connectivity index (χ2n) is 14.1. The Bertz CT molecular complexity index is 3210. The van der Waals surface area contributed by atoms with E-state index in [0.29, 0.717) is 0 Å². The average molecular weight is 688 g/mol. The van der Waals surface area contributed by atoms with Crippen LogP contribution in [0.4, 0.5) is 17.1 Å². The zero-order valence-corrected chi connectivity index (χ0v) is 29.4. The molecule has 2 heteroatoms. The number of hydrogen-bond acceptors (Lipinski definition) is 2. The van der Waals surface area contributed by atoms with E-state index in [2.05, 4.69) is 199 Å². The summed E-state index contributed by atoms with van der Waals surface area (Å²) in [4.78, 5) is 2.38. The highest BCUT2D eigenvalue weighted by Crippen LogP contribution is 2.47. The smallest absolute Gasteiger partial charge is 0.160 e. The Labute approximate surface area is 312 Å². The minimum atomic E-state index is 0.876. The number of benzene rings is 10. The maximum atomic E-state index is 6.78. The van der Waals surface area contributed by atoms with Crippen molar-refractivity contribution in [1.29, 1.82) is 0 Å². The van der Waals surface area contributed by atoms with Crippen LogP contribution in [0.25, 0.3) is 87.3 Å². The van der Waals surface area contributed by atoms with Gasteiger partial charge in [-0.2, -0.15) is 0 Å². The maximum absolute atomic E-state index is 6.78. The molecule has 10 aromatic carbocycles. The minimum Gasteiger partial charge on any atom is -0.454 e. The van der Waals surface area contributed by atoms with Crippen molar-refractivity contribution >= 4 is 82.1 Å². The monoisotopic (exact) mass is 687 g/mol. The Balaban J connectivity index is 1.12. The molecule has 0 fully saturated rings. The van der Waals surface area contributed by atoms with Gasteiger partial charge in [-0.05, 0) is 108 Å². The van der Waals surface area contributed by atoms with E-state index in [1.807, 2.05) is 6.07 Å². The van der Waals surface area contributed by atoms with Gasteiger partial charge in [0.2, 0.25) is 0 Å². The van der Waals surface area contributed by atoms with Gasteiger partial charge in [0.15, 0.2) is 5.58 Å². The lowest BCUT2D eigenvalue weighted by Gasteiger charge is -2.27. The van der Waals surface area contributed by atoms with E-state index in [-0.39, 0.29) is 0 Å². The summed E-state index contributed by atoms with van der Waals surface area (Å²) in [6.07, 6.45) is 0. The number of rotatable bonds is 5. The van der Waals surface area contributed by atoms with Crippen molar-refractivity contribution in [2.24, 2.45) is 0 Å². The molecule has 0 N–H and O–H groups in total. The van der Waals surface area contributed by atoms with Crippen molar-refractivity contribution < 1.29 is 4.42 Å². The molecule has 0 atom stereocenters.